The largest absolute Gasteiger partial charge is 0.370 e. The Labute approximate surface area is 159 Å². The van der Waals surface area contributed by atoms with E-state index in [0.717, 1.165) is 65.0 Å². The lowest BCUT2D eigenvalue weighted by Crippen LogP contribution is -2.27. The minimum absolute atomic E-state index is 0.215. The number of rotatable bonds is 10. The van der Waals surface area contributed by atoms with E-state index in [1.165, 1.54) is 0 Å². The van der Waals surface area contributed by atoms with Crippen LogP contribution in [0.4, 0.5) is 17.6 Å². The fourth-order valence-corrected chi connectivity index (χ4v) is 3.50. The molecule has 0 radical (unpaired) electrons. The van der Waals surface area contributed by atoms with Crippen LogP contribution in [0.1, 0.15) is 38.5 Å². The zero-order valence-electron chi connectivity index (χ0n) is 15.7. The third kappa shape index (κ3) is 5.70. The minimum Gasteiger partial charge on any atom is -0.370 e. The Morgan fingerprint density at radius 3 is 1.78 bits per heavy atom. The number of carbonyl (C=O) groups excluding carboxylic acids is 2. The third-order valence-electron chi connectivity index (χ3n) is 4.91. The summed E-state index contributed by atoms with van der Waals surface area (Å²) in [6, 6.07) is 1.83. The van der Waals surface area contributed by atoms with Crippen molar-refractivity contribution in [1.29, 1.82) is 0 Å². The van der Waals surface area contributed by atoms with Crippen molar-refractivity contribution in [2.75, 3.05) is 55.6 Å². The summed E-state index contributed by atoms with van der Waals surface area (Å²) in [6.45, 7) is 4.72. The number of nitrogens with one attached hydrogen (secondary N) is 2. The zero-order chi connectivity index (χ0) is 19.1. The van der Waals surface area contributed by atoms with Crippen molar-refractivity contribution in [1.82, 2.24) is 19.8 Å². The van der Waals surface area contributed by atoms with Crippen molar-refractivity contribution in [2.24, 2.45) is 0 Å². The molecule has 3 rings (SSSR count). The maximum atomic E-state index is 11.6. The van der Waals surface area contributed by atoms with Crippen molar-refractivity contribution in [3.63, 3.8) is 0 Å². The molecule has 4 N–H and O–H groups in total. The average molecular weight is 375 g/mol. The minimum atomic E-state index is 0.215. The van der Waals surface area contributed by atoms with Crippen molar-refractivity contribution in [2.45, 2.75) is 38.5 Å². The van der Waals surface area contributed by atoms with E-state index in [-0.39, 0.29) is 17.8 Å². The van der Waals surface area contributed by atoms with Crippen LogP contribution in [0, 0.1) is 0 Å². The van der Waals surface area contributed by atoms with Crippen molar-refractivity contribution in [3.05, 3.63) is 6.07 Å². The summed E-state index contributed by atoms with van der Waals surface area (Å²) in [5, 5.41) is 6.49. The molecule has 9 nitrogen and oxygen atoms in total. The van der Waals surface area contributed by atoms with Gasteiger partial charge < -0.3 is 26.2 Å². The van der Waals surface area contributed by atoms with Gasteiger partial charge in [0.05, 0.1) is 0 Å². The number of amides is 2. The lowest BCUT2D eigenvalue weighted by molar-refractivity contribution is -0.128. The lowest BCUT2D eigenvalue weighted by Gasteiger charge is -2.16. The predicted octanol–water partition coefficient (Wildman–Crippen LogP) is 0.908. The maximum absolute atomic E-state index is 11.6. The SMILES string of the molecule is Nc1nc(NCCCN2CCCC2=O)cc(NCCCN2CCCC2=O)n1. The van der Waals surface area contributed by atoms with E-state index in [4.69, 9.17) is 5.73 Å². The quantitative estimate of drug-likeness (QED) is 0.520. The van der Waals surface area contributed by atoms with Crippen LogP contribution in [0.25, 0.3) is 0 Å². The Kier molecular flexibility index (Phi) is 6.67. The number of aromatic nitrogens is 2. The van der Waals surface area contributed by atoms with E-state index < -0.39 is 0 Å². The number of nitrogens with two attached hydrogens (primary N) is 1. The fraction of sp³-hybridized carbons (Fsp3) is 0.667. The van der Waals surface area contributed by atoms with Gasteiger partial charge in [-0.25, -0.2) is 0 Å². The van der Waals surface area contributed by atoms with E-state index in [1.54, 1.807) is 0 Å². The molecule has 0 bridgehead atoms. The smallest absolute Gasteiger partial charge is 0.223 e. The standard InChI is InChI=1S/C18H29N7O2/c19-18-22-14(20-7-3-11-24-9-1-5-16(24)26)13-15(23-18)21-8-4-12-25-10-2-6-17(25)27/h13H,1-12H2,(H4,19,20,21,22,23). The highest BCUT2D eigenvalue weighted by Gasteiger charge is 2.19. The van der Waals surface area contributed by atoms with Gasteiger partial charge in [-0.15, -0.1) is 0 Å². The molecule has 1 aromatic rings. The molecule has 2 amide bonds. The number of carbonyl (C=O) groups is 2. The molecule has 3 heterocycles. The monoisotopic (exact) mass is 375 g/mol. The number of hydrogen-bond donors (Lipinski definition) is 3. The summed E-state index contributed by atoms with van der Waals surface area (Å²) in [5.41, 5.74) is 5.80. The Bertz CT molecular complexity index is 615. The fourth-order valence-electron chi connectivity index (χ4n) is 3.50. The molecule has 1 aromatic heterocycles. The van der Waals surface area contributed by atoms with Crippen molar-refractivity contribution in [3.8, 4) is 0 Å². The predicted molar refractivity (Wildman–Crippen MR) is 104 cm³/mol. The van der Waals surface area contributed by atoms with Gasteiger partial charge in [-0.1, -0.05) is 0 Å². The molecule has 0 spiro atoms. The number of nitrogens with zero attached hydrogens (tertiary/aromatic N) is 4. The number of nitrogen functional groups attached to an aromatic ring is 1. The topological polar surface area (TPSA) is 116 Å². The van der Waals surface area contributed by atoms with Gasteiger partial charge in [-0.05, 0) is 25.7 Å². The van der Waals surface area contributed by atoms with Crippen LogP contribution < -0.4 is 16.4 Å². The lowest BCUT2D eigenvalue weighted by atomic mass is 10.3. The summed E-state index contributed by atoms with van der Waals surface area (Å²) >= 11 is 0. The number of likely N-dealkylation sites (tertiary alicyclic amines) is 2. The van der Waals surface area contributed by atoms with E-state index in [9.17, 15) is 9.59 Å². The zero-order valence-corrected chi connectivity index (χ0v) is 15.7. The molecule has 0 saturated carbocycles. The first-order chi connectivity index (χ1) is 13.1. The molecule has 0 unspecified atom stereocenters. The Morgan fingerprint density at radius 2 is 1.37 bits per heavy atom. The van der Waals surface area contributed by atoms with Gasteiger partial charge in [-0.3, -0.25) is 9.59 Å². The van der Waals surface area contributed by atoms with E-state index in [2.05, 4.69) is 20.6 Å². The van der Waals surface area contributed by atoms with Gasteiger partial charge in [0.1, 0.15) is 11.6 Å². The van der Waals surface area contributed by atoms with Crippen LogP contribution in [-0.2, 0) is 9.59 Å². The molecular weight excluding hydrogens is 346 g/mol. The van der Waals surface area contributed by atoms with Crippen LogP contribution in [0.3, 0.4) is 0 Å². The molecule has 2 aliphatic heterocycles. The molecule has 27 heavy (non-hydrogen) atoms. The van der Waals surface area contributed by atoms with E-state index in [0.29, 0.717) is 24.5 Å². The first kappa shape index (κ1) is 19.2. The van der Waals surface area contributed by atoms with Crippen molar-refractivity contribution >= 4 is 29.4 Å². The molecule has 9 heteroatoms. The Balaban J connectivity index is 1.37. The normalized spacial score (nSPS) is 17.0. The van der Waals surface area contributed by atoms with Gasteiger partial charge in [-0.2, -0.15) is 9.97 Å². The second-order valence-corrected chi connectivity index (χ2v) is 7.03. The first-order valence-corrected chi connectivity index (χ1v) is 9.80. The van der Waals surface area contributed by atoms with Gasteiger partial charge in [0, 0.05) is 58.2 Å². The molecular formula is C18H29N7O2. The van der Waals surface area contributed by atoms with Crippen molar-refractivity contribution < 1.29 is 9.59 Å². The highest BCUT2D eigenvalue weighted by atomic mass is 16.2. The number of anilines is 3. The van der Waals surface area contributed by atoms with Crippen LogP contribution in [0.5, 0.6) is 0 Å². The Hall–Kier alpha value is -2.58. The summed E-state index contributed by atoms with van der Waals surface area (Å²) in [7, 11) is 0. The number of hydrogen-bond acceptors (Lipinski definition) is 7. The summed E-state index contributed by atoms with van der Waals surface area (Å²) < 4.78 is 0. The molecule has 2 fully saturated rings. The second kappa shape index (κ2) is 9.38. The Morgan fingerprint density at radius 1 is 0.889 bits per heavy atom. The molecule has 2 aliphatic rings. The van der Waals surface area contributed by atoms with Gasteiger partial charge in [0.15, 0.2) is 0 Å². The van der Waals surface area contributed by atoms with Crippen LogP contribution >= 0.6 is 0 Å². The summed E-state index contributed by atoms with van der Waals surface area (Å²) in [6.07, 6.45) is 5.02. The van der Waals surface area contributed by atoms with E-state index >= 15 is 0 Å². The van der Waals surface area contributed by atoms with Crippen LogP contribution in [-0.4, -0.2) is 70.9 Å². The van der Waals surface area contributed by atoms with E-state index in [1.807, 2.05) is 15.9 Å². The highest BCUT2D eigenvalue weighted by Crippen LogP contribution is 2.14. The molecule has 0 aromatic carbocycles. The van der Waals surface area contributed by atoms with Gasteiger partial charge in [0.25, 0.3) is 0 Å². The third-order valence-corrected chi connectivity index (χ3v) is 4.91. The van der Waals surface area contributed by atoms with Crippen LogP contribution in [0.15, 0.2) is 6.07 Å². The maximum Gasteiger partial charge on any atom is 0.223 e. The first-order valence-electron chi connectivity index (χ1n) is 9.80. The molecule has 0 atom stereocenters. The summed E-state index contributed by atoms with van der Waals surface area (Å²) in [4.78, 5) is 35.4. The average Bonchev–Trinajstić information content (AvgIpc) is 3.23. The molecule has 2 saturated heterocycles. The van der Waals surface area contributed by atoms with Crippen LogP contribution in [0.2, 0.25) is 0 Å². The molecule has 148 valence electrons. The second-order valence-electron chi connectivity index (χ2n) is 7.03. The highest BCUT2D eigenvalue weighted by molar-refractivity contribution is 5.78. The van der Waals surface area contributed by atoms with Gasteiger partial charge in [0.2, 0.25) is 17.8 Å². The molecule has 0 aliphatic carbocycles. The summed E-state index contributed by atoms with van der Waals surface area (Å²) in [5.74, 6) is 2.07. The van der Waals surface area contributed by atoms with Gasteiger partial charge >= 0.3 is 0 Å².